The van der Waals surface area contributed by atoms with Crippen molar-refractivity contribution >= 4 is 17.5 Å². The molecule has 3 atom stereocenters. The van der Waals surface area contributed by atoms with Crippen molar-refractivity contribution in [2.24, 2.45) is 17.6 Å². The molecular weight excluding hydrogens is 486 g/mol. The van der Waals surface area contributed by atoms with Crippen LogP contribution < -0.4 is 21.3 Å². The van der Waals surface area contributed by atoms with Crippen molar-refractivity contribution in [1.82, 2.24) is 15.5 Å². The molecule has 1 aliphatic carbocycles. The van der Waals surface area contributed by atoms with Gasteiger partial charge in [-0.15, -0.1) is 0 Å². The number of anilines is 1. The molecule has 2 aromatic rings. The standard InChI is InChI=1S/C32H47N5O2/c1-20-15-21(2)35-32(39)29(20)18-34-31(38)28-16-25(24-9-7-23(8-10-24)19-36(4)5)17-30(22(28)3)37(6)27-13-11-26(33)12-14-27/h7-10,16-17,20-21,26-27,29H,11-15,18-19,33H2,1-6H3,(H,34,38)(H,35,39). The summed E-state index contributed by atoms with van der Waals surface area (Å²) in [6.07, 6.45) is 5.07. The fourth-order valence-corrected chi connectivity index (χ4v) is 6.30. The summed E-state index contributed by atoms with van der Waals surface area (Å²) in [6, 6.07) is 13.7. The maximum absolute atomic E-state index is 13.7. The van der Waals surface area contributed by atoms with E-state index in [-0.39, 0.29) is 35.7 Å². The number of hydrogen-bond acceptors (Lipinski definition) is 5. The van der Waals surface area contributed by atoms with Crippen molar-refractivity contribution in [3.05, 3.63) is 53.1 Å². The summed E-state index contributed by atoms with van der Waals surface area (Å²) >= 11 is 0. The maximum atomic E-state index is 13.7. The molecule has 2 aromatic carbocycles. The summed E-state index contributed by atoms with van der Waals surface area (Å²) in [7, 11) is 6.28. The molecule has 0 spiro atoms. The minimum Gasteiger partial charge on any atom is -0.371 e. The summed E-state index contributed by atoms with van der Waals surface area (Å²) in [5.41, 5.74) is 12.3. The van der Waals surface area contributed by atoms with Gasteiger partial charge >= 0.3 is 0 Å². The second-order valence-corrected chi connectivity index (χ2v) is 12.2. The third-order valence-electron chi connectivity index (χ3n) is 8.70. The van der Waals surface area contributed by atoms with E-state index in [9.17, 15) is 9.59 Å². The number of piperidine rings is 1. The number of rotatable bonds is 8. The van der Waals surface area contributed by atoms with E-state index in [0.29, 0.717) is 18.2 Å². The van der Waals surface area contributed by atoms with Gasteiger partial charge in [-0.2, -0.15) is 0 Å². The van der Waals surface area contributed by atoms with Gasteiger partial charge in [0.2, 0.25) is 5.91 Å². The Morgan fingerprint density at radius 2 is 1.69 bits per heavy atom. The number of hydrogen-bond donors (Lipinski definition) is 3. The topological polar surface area (TPSA) is 90.7 Å². The van der Waals surface area contributed by atoms with Gasteiger partial charge in [0.25, 0.3) is 5.91 Å². The van der Waals surface area contributed by atoms with E-state index in [1.54, 1.807) is 0 Å². The van der Waals surface area contributed by atoms with Gasteiger partial charge in [-0.25, -0.2) is 0 Å². The molecule has 0 bridgehead atoms. The largest absolute Gasteiger partial charge is 0.371 e. The van der Waals surface area contributed by atoms with E-state index in [4.69, 9.17) is 5.73 Å². The Morgan fingerprint density at radius 3 is 2.31 bits per heavy atom. The Labute approximate surface area is 234 Å². The van der Waals surface area contributed by atoms with E-state index >= 15 is 0 Å². The summed E-state index contributed by atoms with van der Waals surface area (Å²) < 4.78 is 0. The van der Waals surface area contributed by atoms with Crippen molar-refractivity contribution in [3.8, 4) is 11.1 Å². The Bertz CT molecular complexity index is 1150. The fraction of sp³-hybridized carbons (Fsp3) is 0.562. The highest BCUT2D eigenvalue weighted by Crippen LogP contribution is 2.34. The SMILES string of the molecule is Cc1c(C(=O)NCC2C(=O)NC(C)CC2C)cc(-c2ccc(CN(C)C)cc2)cc1N(C)C1CCC(N)CC1. The van der Waals surface area contributed by atoms with Crippen molar-refractivity contribution in [1.29, 1.82) is 0 Å². The van der Waals surface area contributed by atoms with Gasteiger partial charge in [0.05, 0.1) is 5.92 Å². The molecule has 2 fully saturated rings. The Kier molecular flexibility index (Phi) is 9.34. The highest BCUT2D eigenvalue weighted by atomic mass is 16.2. The first-order valence-electron chi connectivity index (χ1n) is 14.5. The summed E-state index contributed by atoms with van der Waals surface area (Å²) in [4.78, 5) is 30.8. The van der Waals surface area contributed by atoms with Gasteiger partial charge in [0.15, 0.2) is 0 Å². The average Bonchev–Trinajstić information content (AvgIpc) is 2.88. The van der Waals surface area contributed by atoms with Gasteiger partial charge in [0.1, 0.15) is 0 Å². The van der Waals surface area contributed by atoms with Crippen LogP contribution in [0.2, 0.25) is 0 Å². The number of nitrogens with one attached hydrogen (secondary N) is 2. The molecule has 1 aliphatic heterocycles. The van der Waals surface area contributed by atoms with Crippen LogP contribution in [0.15, 0.2) is 36.4 Å². The molecule has 4 rings (SSSR count). The molecule has 2 aliphatic rings. The smallest absolute Gasteiger partial charge is 0.251 e. The number of carbonyl (C=O) groups excluding carboxylic acids is 2. The zero-order valence-electron chi connectivity index (χ0n) is 24.6. The molecule has 212 valence electrons. The van der Waals surface area contributed by atoms with Crippen LogP contribution in [0.25, 0.3) is 11.1 Å². The Balaban J connectivity index is 1.64. The quantitative estimate of drug-likeness (QED) is 0.470. The van der Waals surface area contributed by atoms with Gasteiger partial charge in [0, 0.05) is 49.5 Å². The fourth-order valence-electron chi connectivity index (χ4n) is 6.30. The van der Waals surface area contributed by atoms with E-state index in [1.807, 2.05) is 19.9 Å². The number of nitrogens with zero attached hydrogens (tertiary/aromatic N) is 2. The van der Waals surface area contributed by atoms with Gasteiger partial charge < -0.3 is 26.2 Å². The number of benzene rings is 2. The molecule has 1 heterocycles. The first-order chi connectivity index (χ1) is 18.5. The molecule has 39 heavy (non-hydrogen) atoms. The normalized spacial score (nSPS) is 25.3. The second-order valence-electron chi connectivity index (χ2n) is 12.2. The van der Waals surface area contributed by atoms with Crippen LogP contribution in [0.1, 0.15) is 67.4 Å². The van der Waals surface area contributed by atoms with Crippen LogP contribution in [-0.2, 0) is 11.3 Å². The van der Waals surface area contributed by atoms with E-state index in [2.05, 4.69) is 78.8 Å². The lowest BCUT2D eigenvalue weighted by atomic mass is 9.84. The zero-order chi connectivity index (χ0) is 28.3. The molecular formula is C32H47N5O2. The minimum atomic E-state index is -0.216. The predicted molar refractivity (Wildman–Crippen MR) is 160 cm³/mol. The van der Waals surface area contributed by atoms with E-state index < -0.39 is 0 Å². The summed E-state index contributed by atoms with van der Waals surface area (Å²) in [5, 5.41) is 6.14. The lowest BCUT2D eigenvalue weighted by molar-refractivity contribution is -0.129. The van der Waals surface area contributed by atoms with Gasteiger partial charge in [-0.3, -0.25) is 9.59 Å². The lowest BCUT2D eigenvalue weighted by Gasteiger charge is -2.36. The molecule has 3 unspecified atom stereocenters. The van der Waals surface area contributed by atoms with Crippen molar-refractivity contribution in [2.75, 3.05) is 32.6 Å². The van der Waals surface area contributed by atoms with Crippen LogP contribution in [0.5, 0.6) is 0 Å². The van der Waals surface area contributed by atoms with Crippen molar-refractivity contribution in [2.45, 2.75) is 77.5 Å². The third kappa shape index (κ3) is 7.00. The van der Waals surface area contributed by atoms with Crippen LogP contribution in [0.4, 0.5) is 5.69 Å². The first-order valence-corrected chi connectivity index (χ1v) is 14.5. The molecule has 0 radical (unpaired) electrons. The summed E-state index contributed by atoms with van der Waals surface area (Å²) in [6.45, 7) is 7.39. The number of carbonyl (C=O) groups is 2. The highest BCUT2D eigenvalue weighted by molar-refractivity contribution is 5.99. The highest BCUT2D eigenvalue weighted by Gasteiger charge is 2.32. The Morgan fingerprint density at radius 1 is 1.03 bits per heavy atom. The molecule has 7 heteroatoms. The molecule has 4 N–H and O–H groups in total. The minimum absolute atomic E-state index is 0.0285. The molecule has 7 nitrogen and oxygen atoms in total. The molecule has 2 amide bonds. The number of nitrogens with two attached hydrogens (primary N) is 1. The summed E-state index contributed by atoms with van der Waals surface area (Å²) in [5.74, 6) is -0.0914. The first kappa shape index (κ1) is 29.1. The average molecular weight is 534 g/mol. The van der Waals surface area contributed by atoms with E-state index in [0.717, 1.165) is 61.0 Å². The lowest BCUT2D eigenvalue weighted by Crippen LogP contribution is -2.50. The van der Waals surface area contributed by atoms with Crippen LogP contribution >= 0.6 is 0 Å². The van der Waals surface area contributed by atoms with Crippen LogP contribution in [0.3, 0.4) is 0 Å². The molecule has 1 saturated carbocycles. The van der Waals surface area contributed by atoms with Crippen molar-refractivity contribution in [3.63, 3.8) is 0 Å². The number of amides is 2. The van der Waals surface area contributed by atoms with Crippen molar-refractivity contribution < 1.29 is 9.59 Å². The Hall–Kier alpha value is -2.90. The second kappa shape index (κ2) is 12.5. The molecule has 0 aromatic heterocycles. The van der Waals surface area contributed by atoms with Crippen LogP contribution in [-0.4, -0.2) is 62.5 Å². The molecule has 1 saturated heterocycles. The predicted octanol–water partition coefficient (Wildman–Crippen LogP) is 4.32. The zero-order valence-corrected chi connectivity index (χ0v) is 24.6. The third-order valence-corrected chi connectivity index (χ3v) is 8.70. The maximum Gasteiger partial charge on any atom is 0.251 e. The van der Waals surface area contributed by atoms with E-state index in [1.165, 1.54) is 5.56 Å². The monoisotopic (exact) mass is 533 g/mol. The van der Waals surface area contributed by atoms with Crippen LogP contribution in [0, 0.1) is 18.8 Å². The van der Waals surface area contributed by atoms with Gasteiger partial charge in [-0.05, 0) is 100 Å². The van der Waals surface area contributed by atoms with Gasteiger partial charge in [-0.1, -0.05) is 31.2 Å².